The summed E-state index contributed by atoms with van der Waals surface area (Å²) in [6.45, 7) is 0. The standard InChI is InChI=1S/C23H18O6/c1-26-14-5-8-16(19(11-14)23(25)28-3)22-17-7-4-13(24)10-20(17)29-21-12-15(27-2)6-9-18(21)22/h4-12H,1-3H3. The maximum absolute atomic E-state index is 12.5. The normalized spacial score (nSPS) is 10.9. The monoisotopic (exact) mass is 390 g/mol. The molecule has 29 heavy (non-hydrogen) atoms. The van der Waals surface area contributed by atoms with E-state index in [1.54, 1.807) is 37.4 Å². The number of hydrogen-bond acceptors (Lipinski definition) is 6. The van der Waals surface area contributed by atoms with Crippen LogP contribution >= 0.6 is 0 Å². The summed E-state index contributed by atoms with van der Waals surface area (Å²) in [7, 11) is 4.43. The summed E-state index contributed by atoms with van der Waals surface area (Å²) < 4.78 is 21.6. The maximum Gasteiger partial charge on any atom is 0.338 e. The van der Waals surface area contributed by atoms with Crippen LogP contribution in [-0.2, 0) is 4.74 Å². The molecule has 0 amide bonds. The Bertz CT molecular complexity index is 1250. The van der Waals surface area contributed by atoms with Crippen LogP contribution in [-0.4, -0.2) is 27.3 Å². The van der Waals surface area contributed by atoms with Crippen molar-refractivity contribution in [3.63, 3.8) is 0 Å². The fourth-order valence-corrected chi connectivity index (χ4v) is 3.42. The van der Waals surface area contributed by atoms with Gasteiger partial charge in [0, 0.05) is 28.6 Å². The molecule has 1 heterocycles. The Labute approximate surface area is 166 Å². The van der Waals surface area contributed by atoms with Crippen LogP contribution in [0, 0.1) is 0 Å². The lowest BCUT2D eigenvalue weighted by Gasteiger charge is -2.18. The number of rotatable bonds is 4. The summed E-state index contributed by atoms with van der Waals surface area (Å²) in [6, 6.07) is 15.2. The van der Waals surface area contributed by atoms with Crippen molar-refractivity contribution in [3.05, 3.63) is 70.4 Å². The number of methoxy groups -OCH3 is 3. The van der Waals surface area contributed by atoms with Crippen molar-refractivity contribution in [2.45, 2.75) is 0 Å². The Morgan fingerprint density at radius 1 is 0.828 bits per heavy atom. The van der Waals surface area contributed by atoms with Gasteiger partial charge in [-0.05, 0) is 48.0 Å². The van der Waals surface area contributed by atoms with E-state index in [2.05, 4.69) is 0 Å². The Hall–Kier alpha value is -3.80. The quantitative estimate of drug-likeness (QED) is 0.381. The summed E-state index contributed by atoms with van der Waals surface area (Å²) in [6.07, 6.45) is 0. The molecular formula is C23H18O6. The second-order valence-corrected chi connectivity index (χ2v) is 6.40. The van der Waals surface area contributed by atoms with Gasteiger partial charge in [0.15, 0.2) is 5.43 Å². The first-order chi connectivity index (χ1) is 14.0. The van der Waals surface area contributed by atoms with E-state index in [1.165, 1.54) is 26.4 Å². The van der Waals surface area contributed by atoms with E-state index in [-0.39, 0.29) is 5.43 Å². The van der Waals surface area contributed by atoms with Crippen molar-refractivity contribution < 1.29 is 23.4 Å². The zero-order valence-electron chi connectivity index (χ0n) is 16.1. The highest BCUT2D eigenvalue weighted by molar-refractivity contribution is 6.08. The average Bonchev–Trinajstić information content (AvgIpc) is 2.76. The van der Waals surface area contributed by atoms with Gasteiger partial charge in [0.05, 0.1) is 26.9 Å². The fourth-order valence-electron chi connectivity index (χ4n) is 3.42. The number of ether oxygens (including phenoxy) is 3. The van der Waals surface area contributed by atoms with Crippen molar-refractivity contribution in [1.82, 2.24) is 0 Å². The fraction of sp³-hybridized carbons (Fsp3) is 0.130. The molecule has 6 nitrogen and oxygen atoms in total. The van der Waals surface area contributed by atoms with Crippen molar-refractivity contribution >= 4 is 16.9 Å². The predicted octanol–water partition coefficient (Wildman–Crippen LogP) is 4.37. The maximum atomic E-state index is 12.5. The van der Waals surface area contributed by atoms with E-state index >= 15 is 0 Å². The van der Waals surface area contributed by atoms with E-state index in [9.17, 15) is 9.59 Å². The third-order valence-corrected chi connectivity index (χ3v) is 4.80. The number of benzene rings is 3. The highest BCUT2D eigenvalue weighted by Gasteiger charge is 2.23. The first-order valence-corrected chi connectivity index (χ1v) is 8.87. The zero-order chi connectivity index (χ0) is 20.5. The van der Waals surface area contributed by atoms with Crippen molar-refractivity contribution in [2.75, 3.05) is 21.3 Å². The van der Waals surface area contributed by atoms with Crippen molar-refractivity contribution in [1.29, 1.82) is 0 Å². The zero-order valence-corrected chi connectivity index (χ0v) is 16.1. The van der Waals surface area contributed by atoms with Crippen LogP contribution in [0.1, 0.15) is 10.4 Å². The highest BCUT2D eigenvalue weighted by atomic mass is 16.5. The first kappa shape index (κ1) is 18.6. The molecule has 2 aliphatic rings. The van der Waals surface area contributed by atoms with Gasteiger partial charge in [-0.3, -0.25) is 4.79 Å². The molecular weight excluding hydrogens is 372 g/mol. The number of carbonyl (C=O) groups is 1. The van der Waals surface area contributed by atoms with Crippen molar-refractivity contribution in [2.24, 2.45) is 0 Å². The minimum absolute atomic E-state index is 0.169. The van der Waals surface area contributed by atoms with Crippen LogP contribution in [0.25, 0.3) is 33.4 Å². The molecule has 0 saturated carbocycles. The van der Waals surface area contributed by atoms with Gasteiger partial charge in [0.1, 0.15) is 22.8 Å². The first-order valence-electron chi connectivity index (χ1n) is 8.87. The second-order valence-electron chi connectivity index (χ2n) is 6.40. The van der Waals surface area contributed by atoms with Crippen LogP contribution in [0.15, 0.2) is 63.8 Å². The van der Waals surface area contributed by atoms with Gasteiger partial charge < -0.3 is 18.6 Å². The number of hydrogen-bond donors (Lipinski definition) is 0. The minimum atomic E-state index is -0.491. The Morgan fingerprint density at radius 2 is 1.52 bits per heavy atom. The summed E-state index contributed by atoms with van der Waals surface area (Å²) >= 11 is 0. The molecule has 0 saturated heterocycles. The summed E-state index contributed by atoms with van der Waals surface area (Å²) in [5.41, 5.74) is 2.82. The van der Waals surface area contributed by atoms with E-state index in [4.69, 9.17) is 18.6 Å². The second kappa shape index (κ2) is 7.31. The van der Waals surface area contributed by atoms with Crippen LogP contribution in [0.4, 0.5) is 0 Å². The molecule has 0 atom stereocenters. The molecule has 0 N–H and O–H groups in total. The van der Waals surface area contributed by atoms with Gasteiger partial charge in [-0.15, -0.1) is 0 Å². The van der Waals surface area contributed by atoms with E-state index in [1.807, 2.05) is 12.1 Å². The van der Waals surface area contributed by atoms with Crippen molar-refractivity contribution in [3.8, 4) is 33.9 Å². The van der Waals surface area contributed by atoms with Crippen LogP contribution in [0.5, 0.6) is 11.5 Å². The topological polar surface area (TPSA) is 75.0 Å². The largest absolute Gasteiger partial charge is 0.497 e. The number of fused-ring (bicyclic) bond motifs is 2. The number of esters is 1. The Morgan fingerprint density at radius 3 is 2.24 bits per heavy atom. The Kier molecular flexibility index (Phi) is 4.68. The molecule has 6 heteroatoms. The highest BCUT2D eigenvalue weighted by Crippen LogP contribution is 2.42. The van der Waals surface area contributed by atoms with Crippen LogP contribution in [0.3, 0.4) is 0 Å². The molecule has 4 rings (SSSR count). The third kappa shape index (κ3) is 3.18. The smallest absolute Gasteiger partial charge is 0.338 e. The molecule has 1 aliphatic carbocycles. The SMILES string of the molecule is COC(=O)c1cc(OC)ccc1-c1c2ccc(=O)cc-2oc2cc(OC)ccc12. The van der Waals surface area contributed by atoms with Gasteiger partial charge in [-0.2, -0.15) is 0 Å². The van der Waals surface area contributed by atoms with Crippen LogP contribution in [0.2, 0.25) is 0 Å². The van der Waals surface area contributed by atoms with E-state index in [0.29, 0.717) is 39.5 Å². The molecule has 0 spiro atoms. The molecule has 146 valence electrons. The lowest BCUT2D eigenvalue weighted by Crippen LogP contribution is -2.06. The lowest BCUT2D eigenvalue weighted by atomic mass is 9.90. The van der Waals surface area contributed by atoms with E-state index in [0.717, 1.165) is 10.9 Å². The minimum Gasteiger partial charge on any atom is -0.497 e. The van der Waals surface area contributed by atoms with E-state index < -0.39 is 5.97 Å². The van der Waals surface area contributed by atoms with Gasteiger partial charge in [0.2, 0.25) is 0 Å². The molecule has 0 unspecified atom stereocenters. The average molecular weight is 390 g/mol. The molecule has 2 aromatic carbocycles. The van der Waals surface area contributed by atoms with Gasteiger partial charge >= 0.3 is 5.97 Å². The lowest BCUT2D eigenvalue weighted by molar-refractivity contribution is 0.0601. The van der Waals surface area contributed by atoms with Gasteiger partial charge in [0.25, 0.3) is 0 Å². The summed E-state index contributed by atoms with van der Waals surface area (Å²) in [5.74, 6) is 1.08. The molecule has 0 radical (unpaired) electrons. The van der Waals surface area contributed by atoms with Gasteiger partial charge in [-0.25, -0.2) is 4.79 Å². The summed E-state index contributed by atoms with van der Waals surface area (Å²) in [4.78, 5) is 24.5. The predicted molar refractivity (Wildman–Crippen MR) is 109 cm³/mol. The van der Waals surface area contributed by atoms with Crippen LogP contribution < -0.4 is 14.9 Å². The Balaban J connectivity index is 2.15. The number of carbonyl (C=O) groups excluding carboxylic acids is 1. The molecule has 2 aromatic rings. The molecule has 1 aliphatic heterocycles. The molecule has 0 fully saturated rings. The third-order valence-electron chi connectivity index (χ3n) is 4.80. The summed E-state index contributed by atoms with van der Waals surface area (Å²) in [5, 5.41) is 0.771. The molecule has 0 aromatic heterocycles. The molecule has 0 bridgehead atoms. The van der Waals surface area contributed by atoms with Gasteiger partial charge in [-0.1, -0.05) is 0 Å².